The minimum Gasteiger partial charge on any atom is -0.477 e. The van der Waals surface area contributed by atoms with Crippen molar-refractivity contribution in [1.82, 2.24) is 9.62 Å². The van der Waals surface area contributed by atoms with E-state index in [1.165, 1.54) is 23.5 Å². The molecule has 1 atom stereocenters. The van der Waals surface area contributed by atoms with Gasteiger partial charge in [-0.05, 0) is 49.2 Å². The van der Waals surface area contributed by atoms with Crippen molar-refractivity contribution in [2.45, 2.75) is 23.8 Å². The third-order valence-electron chi connectivity index (χ3n) is 5.83. The van der Waals surface area contributed by atoms with E-state index in [0.717, 1.165) is 0 Å². The normalized spacial score (nSPS) is 19.7. The number of likely N-dealkylation sites (N-methyl/N-ethyl adjacent to an activating group) is 1. The number of sulfonamides is 1. The van der Waals surface area contributed by atoms with Crippen LogP contribution in [0.3, 0.4) is 0 Å². The summed E-state index contributed by atoms with van der Waals surface area (Å²) in [7, 11) is -2.12. The van der Waals surface area contributed by atoms with Crippen molar-refractivity contribution >= 4 is 39.1 Å². The summed E-state index contributed by atoms with van der Waals surface area (Å²) in [5.74, 6) is -0.300. The maximum Gasteiger partial charge on any atom is 0.262 e. The average molecular weight is 478 g/mol. The Balaban J connectivity index is 1.48. The van der Waals surface area contributed by atoms with E-state index in [2.05, 4.69) is 5.32 Å². The van der Waals surface area contributed by atoms with Gasteiger partial charge in [0.1, 0.15) is 5.75 Å². The quantitative estimate of drug-likeness (QED) is 0.728. The molecule has 0 saturated carbocycles. The van der Waals surface area contributed by atoms with Crippen LogP contribution in [0.4, 0.5) is 5.69 Å². The molecule has 1 fully saturated rings. The van der Waals surface area contributed by atoms with Gasteiger partial charge in [-0.3, -0.25) is 9.59 Å². The predicted octanol–water partition coefficient (Wildman–Crippen LogP) is 2.28. The molecule has 0 unspecified atom stereocenters. The number of nitrogens with one attached hydrogen (secondary N) is 1. The molecule has 2 aliphatic heterocycles. The average Bonchev–Trinajstić information content (AvgIpc) is 2.82. The summed E-state index contributed by atoms with van der Waals surface area (Å²) in [6, 6.07) is 13.2. The summed E-state index contributed by atoms with van der Waals surface area (Å²) in [4.78, 5) is 27.3. The lowest BCUT2D eigenvalue weighted by Gasteiger charge is -2.38. The zero-order valence-electron chi connectivity index (χ0n) is 17.5. The molecular formula is C22H24ClN3O5S. The molecule has 2 amide bonds. The maximum absolute atomic E-state index is 13.4. The number of hydrogen-bond acceptors (Lipinski definition) is 5. The standard InChI is InChI=1S/C22H24ClN3O5S/c1-24-21(27)20-14-26(18-4-2-3-5-19(18)31-20)22(28)15-10-12-25(13-11-15)32(29,30)17-8-6-16(23)7-9-17/h2-9,15,20H,10-14H2,1H3,(H,24,27)/t20-/m1/s1. The van der Waals surface area contributed by atoms with Crippen molar-refractivity contribution in [3.63, 3.8) is 0 Å². The Labute approximate surface area is 192 Å². The van der Waals surface area contributed by atoms with Gasteiger partial charge in [0.25, 0.3) is 5.91 Å². The Kier molecular flexibility index (Phi) is 6.41. The molecule has 2 aromatic carbocycles. The van der Waals surface area contributed by atoms with Crippen LogP contribution < -0.4 is 15.0 Å². The lowest BCUT2D eigenvalue weighted by atomic mass is 9.95. The number of piperidine rings is 1. The Hall–Kier alpha value is -2.62. The summed E-state index contributed by atoms with van der Waals surface area (Å²) < 4.78 is 33.0. The van der Waals surface area contributed by atoms with E-state index >= 15 is 0 Å². The van der Waals surface area contributed by atoms with Crippen molar-refractivity contribution in [3.8, 4) is 5.75 Å². The van der Waals surface area contributed by atoms with Crippen LogP contribution in [0.2, 0.25) is 5.02 Å². The number of para-hydroxylation sites is 2. The summed E-state index contributed by atoms with van der Waals surface area (Å²) in [5.41, 5.74) is 0.619. The third kappa shape index (κ3) is 4.32. The zero-order chi connectivity index (χ0) is 22.9. The number of rotatable bonds is 4. The molecule has 2 heterocycles. The van der Waals surface area contributed by atoms with Gasteiger partial charge in [-0.2, -0.15) is 4.31 Å². The van der Waals surface area contributed by atoms with Gasteiger partial charge < -0.3 is 15.0 Å². The molecule has 0 aromatic heterocycles. The predicted molar refractivity (Wildman–Crippen MR) is 120 cm³/mol. The van der Waals surface area contributed by atoms with Crippen LogP contribution >= 0.6 is 11.6 Å². The highest BCUT2D eigenvalue weighted by Crippen LogP contribution is 2.35. The molecule has 0 radical (unpaired) electrons. The Morgan fingerprint density at radius 2 is 1.72 bits per heavy atom. The SMILES string of the molecule is CNC(=O)[C@H]1CN(C(=O)C2CCN(S(=O)(=O)c3ccc(Cl)cc3)CC2)c2ccccc2O1. The number of carbonyl (C=O) groups excluding carboxylic acids is 2. The van der Waals surface area contributed by atoms with Crippen LogP contribution in [0.15, 0.2) is 53.4 Å². The van der Waals surface area contributed by atoms with Crippen LogP contribution in [-0.2, 0) is 19.6 Å². The second kappa shape index (κ2) is 9.09. The van der Waals surface area contributed by atoms with Gasteiger partial charge in [-0.15, -0.1) is 0 Å². The minimum atomic E-state index is -3.65. The van der Waals surface area contributed by atoms with E-state index in [0.29, 0.717) is 29.3 Å². The highest BCUT2D eigenvalue weighted by atomic mass is 35.5. The first kappa shape index (κ1) is 22.6. The third-order valence-corrected chi connectivity index (χ3v) is 8.00. The molecule has 0 spiro atoms. The first-order valence-corrected chi connectivity index (χ1v) is 12.2. The molecule has 0 bridgehead atoms. The van der Waals surface area contributed by atoms with Crippen LogP contribution in [0, 0.1) is 5.92 Å². The molecule has 32 heavy (non-hydrogen) atoms. The lowest BCUT2D eigenvalue weighted by Crippen LogP contribution is -2.52. The first-order valence-electron chi connectivity index (χ1n) is 10.4. The van der Waals surface area contributed by atoms with E-state index in [4.69, 9.17) is 16.3 Å². The molecule has 4 rings (SSSR count). The van der Waals surface area contributed by atoms with Crippen molar-refractivity contribution in [2.24, 2.45) is 5.92 Å². The monoisotopic (exact) mass is 477 g/mol. The van der Waals surface area contributed by atoms with Crippen LogP contribution in [-0.4, -0.2) is 57.3 Å². The number of carbonyl (C=O) groups is 2. The van der Waals surface area contributed by atoms with E-state index in [9.17, 15) is 18.0 Å². The molecule has 1 saturated heterocycles. The van der Waals surface area contributed by atoms with Crippen molar-refractivity contribution in [3.05, 3.63) is 53.6 Å². The minimum absolute atomic E-state index is 0.110. The largest absolute Gasteiger partial charge is 0.477 e. The van der Waals surface area contributed by atoms with Crippen LogP contribution in [0.1, 0.15) is 12.8 Å². The smallest absolute Gasteiger partial charge is 0.262 e. The van der Waals surface area contributed by atoms with Crippen molar-refractivity contribution in [1.29, 1.82) is 0 Å². The van der Waals surface area contributed by atoms with Gasteiger partial charge in [-0.25, -0.2) is 8.42 Å². The molecule has 10 heteroatoms. The molecule has 8 nitrogen and oxygen atoms in total. The van der Waals surface area contributed by atoms with E-state index in [1.54, 1.807) is 35.2 Å². The number of fused-ring (bicyclic) bond motifs is 1. The number of hydrogen-bond donors (Lipinski definition) is 1. The first-order chi connectivity index (χ1) is 15.3. The Morgan fingerprint density at radius 3 is 2.38 bits per heavy atom. The number of halogens is 1. The second-order valence-corrected chi connectivity index (χ2v) is 10.1. The fourth-order valence-corrected chi connectivity index (χ4v) is 5.66. The van der Waals surface area contributed by atoms with E-state index < -0.39 is 16.1 Å². The fourth-order valence-electron chi connectivity index (χ4n) is 4.06. The topological polar surface area (TPSA) is 96.0 Å². The molecular weight excluding hydrogens is 454 g/mol. The molecule has 2 aliphatic rings. The van der Waals surface area contributed by atoms with E-state index in [1.807, 2.05) is 6.07 Å². The van der Waals surface area contributed by atoms with Gasteiger partial charge >= 0.3 is 0 Å². The second-order valence-electron chi connectivity index (χ2n) is 7.77. The lowest BCUT2D eigenvalue weighted by molar-refractivity contribution is -0.128. The van der Waals surface area contributed by atoms with Crippen LogP contribution in [0.5, 0.6) is 5.75 Å². The summed E-state index contributed by atoms with van der Waals surface area (Å²) in [6.07, 6.45) is -0.00439. The highest BCUT2D eigenvalue weighted by molar-refractivity contribution is 7.89. The summed E-state index contributed by atoms with van der Waals surface area (Å²) in [5, 5.41) is 3.03. The molecule has 2 aromatic rings. The van der Waals surface area contributed by atoms with Crippen molar-refractivity contribution < 1.29 is 22.7 Å². The number of amides is 2. The Bertz CT molecular complexity index is 1110. The number of benzene rings is 2. The zero-order valence-corrected chi connectivity index (χ0v) is 19.1. The maximum atomic E-state index is 13.4. The van der Waals surface area contributed by atoms with Crippen molar-refractivity contribution in [2.75, 3.05) is 31.6 Å². The fraction of sp³-hybridized carbons (Fsp3) is 0.364. The van der Waals surface area contributed by atoms with E-state index in [-0.39, 0.29) is 42.3 Å². The molecule has 1 N–H and O–H groups in total. The summed E-state index contributed by atoms with van der Waals surface area (Å²) >= 11 is 5.87. The number of anilines is 1. The van der Waals surface area contributed by atoms with Gasteiger partial charge in [0.05, 0.1) is 17.1 Å². The Morgan fingerprint density at radius 1 is 1.06 bits per heavy atom. The molecule has 0 aliphatic carbocycles. The summed E-state index contributed by atoms with van der Waals surface area (Å²) in [6.45, 7) is 0.595. The van der Waals surface area contributed by atoms with Gasteiger partial charge in [0.15, 0.2) is 6.10 Å². The van der Waals surface area contributed by atoms with Crippen LogP contribution in [0.25, 0.3) is 0 Å². The van der Waals surface area contributed by atoms with Gasteiger partial charge in [0, 0.05) is 31.1 Å². The number of ether oxygens (including phenoxy) is 1. The molecule has 170 valence electrons. The van der Waals surface area contributed by atoms with Gasteiger partial charge in [0.2, 0.25) is 15.9 Å². The highest BCUT2D eigenvalue weighted by Gasteiger charge is 2.38. The number of nitrogens with zero attached hydrogens (tertiary/aromatic N) is 2. The van der Waals surface area contributed by atoms with Gasteiger partial charge in [-0.1, -0.05) is 23.7 Å².